The molecule has 0 atom stereocenters. The first-order chi connectivity index (χ1) is 21.4. The highest BCUT2D eigenvalue weighted by atomic mass is 79.9. The number of benzene rings is 2. The van der Waals surface area contributed by atoms with Crippen LogP contribution in [0.2, 0.25) is 10.0 Å². The van der Waals surface area contributed by atoms with Gasteiger partial charge in [0.25, 0.3) is 0 Å². The summed E-state index contributed by atoms with van der Waals surface area (Å²) >= 11 is 16.7. The number of ether oxygens (including phenoxy) is 1. The predicted molar refractivity (Wildman–Crippen MR) is 178 cm³/mol. The summed E-state index contributed by atoms with van der Waals surface area (Å²) in [5, 5.41) is 8.25. The second-order valence-electron chi connectivity index (χ2n) is 9.79. The molecule has 0 bridgehead atoms. The fourth-order valence-electron chi connectivity index (χ4n) is 4.10. The van der Waals surface area contributed by atoms with E-state index < -0.39 is 11.8 Å². The highest BCUT2D eigenvalue weighted by Crippen LogP contribution is 2.35. The van der Waals surface area contributed by atoms with E-state index in [2.05, 4.69) is 36.9 Å². The molecule has 14 heteroatoms. The molecule has 11 nitrogen and oxygen atoms in total. The van der Waals surface area contributed by atoms with Crippen LogP contribution in [-0.4, -0.2) is 53.2 Å². The highest BCUT2D eigenvalue weighted by Gasteiger charge is 2.20. The summed E-state index contributed by atoms with van der Waals surface area (Å²) < 4.78 is 8.72. The first-order valence-electron chi connectivity index (χ1n) is 13.5. The Morgan fingerprint density at radius 2 is 1.78 bits per heavy atom. The molecule has 3 N–H and O–H groups in total. The van der Waals surface area contributed by atoms with Gasteiger partial charge in [0, 0.05) is 42.5 Å². The van der Waals surface area contributed by atoms with Gasteiger partial charge in [-0.1, -0.05) is 35.3 Å². The highest BCUT2D eigenvalue weighted by molar-refractivity contribution is 9.10. The SMILES string of the molecule is CC(=O)NCC(=O)Nc1ccc(C=CC(=O)NCC(=O)N(C)c2ccc(Cl)c(COc3cccn4c(Br)c(C)nc34)c2Cl)cc1. The maximum Gasteiger partial charge on any atom is 0.246 e. The first kappa shape index (κ1) is 33.5. The largest absolute Gasteiger partial charge is 0.485 e. The normalized spacial score (nSPS) is 11.0. The van der Waals surface area contributed by atoms with E-state index >= 15 is 0 Å². The zero-order valence-electron chi connectivity index (χ0n) is 24.5. The number of carbonyl (C=O) groups is 4. The van der Waals surface area contributed by atoms with E-state index in [1.807, 2.05) is 23.6 Å². The number of likely N-dealkylation sites (N-methyl/N-ethyl adjacent to an activating group) is 1. The van der Waals surface area contributed by atoms with Gasteiger partial charge in [0.05, 0.1) is 29.5 Å². The van der Waals surface area contributed by atoms with Crippen molar-refractivity contribution in [1.82, 2.24) is 20.0 Å². The lowest BCUT2D eigenvalue weighted by molar-refractivity contribution is -0.122. The van der Waals surface area contributed by atoms with Crippen LogP contribution in [0, 0.1) is 6.92 Å². The minimum absolute atomic E-state index is 0.0304. The van der Waals surface area contributed by atoms with E-state index in [1.165, 1.54) is 17.9 Å². The van der Waals surface area contributed by atoms with Crippen LogP contribution < -0.4 is 25.6 Å². The summed E-state index contributed by atoms with van der Waals surface area (Å²) in [6, 6.07) is 13.6. The van der Waals surface area contributed by atoms with E-state index in [1.54, 1.807) is 55.6 Å². The van der Waals surface area contributed by atoms with Gasteiger partial charge in [-0.15, -0.1) is 0 Å². The number of nitrogens with one attached hydrogen (secondary N) is 3. The Bertz CT molecular complexity index is 1790. The summed E-state index contributed by atoms with van der Waals surface area (Å²) in [7, 11) is 1.55. The molecule has 0 unspecified atom stereocenters. The fourth-order valence-corrected chi connectivity index (χ4v) is 5.08. The van der Waals surface area contributed by atoms with Crippen LogP contribution in [0.1, 0.15) is 23.7 Å². The topological polar surface area (TPSA) is 134 Å². The molecule has 0 saturated carbocycles. The molecule has 2 heterocycles. The average molecular weight is 716 g/mol. The number of hydrogen-bond donors (Lipinski definition) is 3. The molecule has 0 aliphatic rings. The molecule has 2 aromatic carbocycles. The number of amides is 4. The van der Waals surface area contributed by atoms with Crippen LogP contribution in [0.4, 0.5) is 11.4 Å². The van der Waals surface area contributed by atoms with Gasteiger partial charge in [-0.25, -0.2) is 4.98 Å². The van der Waals surface area contributed by atoms with E-state index in [-0.39, 0.29) is 36.5 Å². The van der Waals surface area contributed by atoms with Gasteiger partial charge >= 0.3 is 0 Å². The average Bonchev–Trinajstić information content (AvgIpc) is 3.31. The lowest BCUT2D eigenvalue weighted by Gasteiger charge is -2.21. The molecule has 234 valence electrons. The summed E-state index contributed by atoms with van der Waals surface area (Å²) in [5.41, 5.74) is 3.56. The third-order valence-electron chi connectivity index (χ3n) is 6.52. The number of hydrogen-bond acceptors (Lipinski definition) is 6. The van der Waals surface area contributed by atoms with Crippen LogP contribution >= 0.6 is 39.1 Å². The summed E-state index contributed by atoms with van der Waals surface area (Å²) in [6.07, 6.45) is 4.73. The molecule has 0 radical (unpaired) electrons. The summed E-state index contributed by atoms with van der Waals surface area (Å²) in [6.45, 7) is 2.83. The molecule has 4 aromatic rings. The van der Waals surface area contributed by atoms with Gasteiger partial charge in [0.1, 0.15) is 11.2 Å². The Balaban J connectivity index is 1.32. The van der Waals surface area contributed by atoms with Crippen molar-refractivity contribution in [2.45, 2.75) is 20.5 Å². The molecular formula is C31H29BrCl2N6O5. The van der Waals surface area contributed by atoms with Crippen molar-refractivity contribution in [2.75, 3.05) is 30.4 Å². The quantitative estimate of drug-likeness (QED) is 0.184. The fraction of sp³-hybridized carbons (Fsp3) is 0.194. The molecule has 4 amide bonds. The third kappa shape index (κ3) is 8.62. The Morgan fingerprint density at radius 1 is 1.04 bits per heavy atom. The minimum Gasteiger partial charge on any atom is -0.485 e. The summed E-state index contributed by atoms with van der Waals surface area (Å²) in [5.74, 6) is -1.01. The standard InChI is InChI=1S/C31H29BrCl2N6O5/c1-18-30(32)40-14-4-5-25(31(40)37-18)45-17-22-23(33)11-12-24(29(22)34)39(3)28(44)16-36-26(42)13-8-20-6-9-21(10-7-20)38-27(43)15-35-19(2)41/h4-14H,15-17H2,1-3H3,(H,35,41)(H,36,42)(H,38,43). The number of pyridine rings is 1. The smallest absolute Gasteiger partial charge is 0.246 e. The van der Waals surface area contributed by atoms with Crippen LogP contribution in [0.15, 0.2) is 65.4 Å². The van der Waals surface area contributed by atoms with E-state index in [9.17, 15) is 19.2 Å². The van der Waals surface area contributed by atoms with Gasteiger partial charge in [-0.05, 0) is 70.9 Å². The molecule has 2 aromatic heterocycles. The Morgan fingerprint density at radius 3 is 2.49 bits per heavy atom. The lowest BCUT2D eigenvalue weighted by Crippen LogP contribution is -2.37. The van der Waals surface area contributed by atoms with Crippen molar-refractivity contribution >= 4 is 85.9 Å². The zero-order valence-corrected chi connectivity index (χ0v) is 27.6. The molecule has 45 heavy (non-hydrogen) atoms. The number of halogens is 3. The molecule has 0 aliphatic heterocycles. The molecule has 0 saturated heterocycles. The molecule has 4 rings (SSSR count). The van der Waals surface area contributed by atoms with Gasteiger partial charge in [0.2, 0.25) is 23.6 Å². The second kappa shape index (κ2) is 15.1. The van der Waals surface area contributed by atoms with Gasteiger partial charge in [-0.2, -0.15) is 0 Å². The third-order valence-corrected chi connectivity index (χ3v) is 8.25. The maximum absolute atomic E-state index is 12.9. The van der Waals surface area contributed by atoms with Crippen LogP contribution in [0.3, 0.4) is 0 Å². The zero-order chi connectivity index (χ0) is 32.7. The van der Waals surface area contributed by atoms with Crippen molar-refractivity contribution in [3.63, 3.8) is 0 Å². The molecule has 0 fully saturated rings. The number of fused-ring (bicyclic) bond motifs is 1. The van der Waals surface area contributed by atoms with E-state index in [0.29, 0.717) is 38.9 Å². The monoisotopic (exact) mass is 714 g/mol. The van der Waals surface area contributed by atoms with Crippen molar-refractivity contribution in [3.8, 4) is 5.75 Å². The maximum atomic E-state index is 12.9. The van der Waals surface area contributed by atoms with Crippen molar-refractivity contribution < 1.29 is 23.9 Å². The predicted octanol–water partition coefficient (Wildman–Crippen LogP) is 5.16. The number of aryl methyl sites for hydroxylation is 1. The first-order valence-corrected chi connectivity index (χ1v) is 15.1. The van der Waals surface area contributed by atoms with Crippen LogP contribution in [0.25, 0.3) is 11.7 Å². The van der Waals surface area contributed by atoms with Crippen molar-refractivity contribution in [2.24, 2.45) is 0 Å². The Kier molecular flexibility index (Phi) is 11.2. The molecular weight excluding hydrogens is 687 g/mol. The number of anilines is 2. The number of carbonyl (C=O) groups excluding carboxylic acids is 4. The summed E-state index contributed by atoms with van der Waals surface area (Å²) in [4.78, 5) is 53.9. The van der Waals surface area contributed by atoms with Crippen molar-refractivity contribution in [3.05, 3.63) is 92.3 Å². The van der Waals surface area contributed by atoms with Crippen molar-refractivity contribution in [1.29, 1.82) is 0 Å². The Hall–Kier alpha value is -4.39. The van der Waals surface area contributed by atoms with Gasteiger partial charge < -0.3 is 25.6 Å². The number of aromatic nitrogens is 2. The number of nitrogens with zero attached hydrogens (tertiary/aromatic N) is 3. The van der Waals surface area contributed by atoms with Gasteiger partial charge in [0.15, 0.2) is 11.4 Å². The second-order valence-corrected chi connectivity index (χ2v) is 11.3. The van der Waals surface area contributed by atoms with E-state index in [4.69, 9.17) is 27.9 Å². The lowest BCUT2D eigenvalue weighted by atomic mass is 10.2. The van der Waals surface area contributed by atoms with Crippen LogP contribution in [-0.2, 0) is 25.8 Å². The molecule has 0 spiro atoms. The minimum atomic E-state index is -0.476. The Labute approximate surface area is 277 Å². The van der Waals surface area contributed by atoms with E-state index in [0.717, 1.165) is 10.3 Å². The number of rotatable bonds is 11. The molecule has 0 aliphatic carbocycles. The van der Waals surface area contributed by atoms with Crippen LogP contribution in [0.5, 0.6) is 5.75 Å². The van der Waals surface area contributed by atoms with Gasteiger partial charge in [-0.3, -0.25) is 23.6 Å². The number of imidazole rings is 1.